The standard InChI is InChI=1S/C29H38F2N6O/c1-19-11-14-23(22-9-7-8-10-24(22)29(3,30)31)28-35(5)26(33-37(19)28)16-13-21-12-15-25(27(32-21)38-6)36-17-20(2)34(4)18-36/h7-10,12-13,15-17,19,23,26,28,33H,11,14,18H2,1-6H3/b16-13+/t19-,23?,26?,28?/m1/s1. The molecule has 0 radical (unpaired) electrons. The average molecular weight is 525 g/mol. The fourth-order valence-corrected chi connectivity index (χ4v) is 5.92. The van der Waals surface area contributed by atoms with Crippen molar-refractivity contribution in [3.8, 4) is 5.88 Å². The second-order valence-corrected chi connectivity index (χ2v) is 10.8. The van der Waals surface area contributed by atoms with Gasteiger partial charge in [-0.05, 0) is 63.6 Å². The Hall–Kier alpha value is -3.01. The zero-order valence-electron chi connectivity index (χ0n) is 23.0. The maximum atomic E-state index is 14.5. The number of benzene rings is 1. The molecule has 5 rings (SSSR count). The van der Waals surface area contributed by atoms with Gasteiger partial charge in [-0.3, -0.25) is 4.90 Å². The van der Waals surface area contributed by atoms with Gasteiger partial charge in [0.1, 0.15) is 5.69 Å². The molecule has 1 N–H and O–H groups in total. The topological polar surface area (TPSA) is 47.1 Å². The number of ether oxygens (including phenoxy) is 1. The van der Waals surface area contributed by atoms with Gasteiger partial charge in [-0.25, -0.2) is 24.2 Å². The number of pyridine rings is 1. The third-order valence-electron chi connectivity index (χ3n) is 8.11. The first-order valence-electron chi connectivity index (χ1n) is 13.2. The zero-order valence-corrected chi connectivity index (χ0v) is 23.0. The average Bonchev–Trinajstić information content (AvgIpc) is 3.41. The van der Waals surface area contributed by atoms with Crippen molar-refractivity contribution in [1.82, 2.24) is 25.2 Å². The molecule has 7 nitrogen and oxygen atoms in total. The lowest BCUT2D eigenvalue weighted by Crippen LogP contribution is -2.52. The number of nitrogens with zero attached hydrogens (tertiary/aromatic N) is 5. The summed E-state index contributed by atoms with van der Waals surface area (Å²) in [4.78, 5) is 11.3. The molecule has 2 fully saturated rings. The molecule has 2 aromatic rings. The Morgan fingerprint density at radius 2 is 1.89 bits per heavy atom. The second kappa shape index (κ2) is 10.3. The van der Waals surface area contributed by atoms with Crippen LogP contribution in [0.4, 0.5) is 14.5 Å². The Labute approximate surface area is 224 Å². The molecule has 0 aliphatic carbocycles. The number of nitrogens with one attached hydrogen (secondary N) is 1. The molecule has 0 saturated carbocycles. The van der Waals surface area contributed by atoms with E-state index in [0.29, 0.717) is 11.9 Å². The number of fused-ring (bicyclic) bond motifs is 1. The highest BCUT2D eigenvalue weighted by Gasteiger charge is 2.47. The Bertz CT molecular complexity index is 1230. The van der Waals surface area contributed by atoms with Gasteiger partial charge >= 0.3 is 0 Å². The van der Waals surface area contributed by atoms with E-state index in [1.165, 1.54) is 5.70 Å². The van der Waals surface area contributed by atoms with Crippen LogP contribution in [0.1, 0.15) is 56.4 Å². The molecule has 0 amide bonds. The molecule has 0 spiro atoms. The van der Waals surface area contributed by atoms with E-state index in [-0.39, 0.29) is 23.8 Å². The molecule has 9 heteroatoms. The third kappa shape index (κ3) is 4.90. The summed E-state index contributed by atoms with van der Waals surface area (Å²) >= 11 is 0. The number of hydrazine groups is 1. The minimum absolute atomic E-state index is 0.0308. The van der Waals surface area contributed by atoms with Crippen LogP contribution in [0.2, 0.25) is 0 Å². The zero-order chi connectivity index (χ0) is 27.2. The Kier molecular flexibility index (Phi) is 7.19. The number of halogens is 2. The van der Waals surface area contributed by atoms with Gasteiger partial charge in [0.25, 0.3) is 5.92 Å². The maximum absolute atomic E-state index is 14.5. The van der Waals surface area contributed by atoms with E-state index in [1.54, 1.807) is 19.2 Å². The summed E-state index contributed by atoms with van der Waals surface area (Å²) in [7, 11) is 5.75. The highest BCUT2D eigenvalue weighted by Crippen LogP contribution is 2.43. The van der Waals surface area contributed by atoms with Crippen LogP contribution in [-0.4, -0.2) is 66.0 Å². The number of hydrogen-bond donors (Lipinski definition) is 1. The summed E-state index contributed by atoms with van der Waals surface area (Å²) < 4.78 is 34.7. The molecule has 3 aliphatic heterocycles. The summed E-state index contributed by atoms with van der Waals surface area (Å²) in [6.45, 7) is 6.00. The molecular formula is C29H38F2N6O. The Morgan fingerprint density at radius 1 is 1.13 bits per heavy atom. The number of likely N-dealkylation sites (N-methyl/N-ethyl adjacent to an activating group) is 1. The van der Waals surface area contributed by atoms with Gasteiger partial charge in [0.2, 0.25) is 5.88 Å². The van der Waals surface area contributed by atoms with Gasteiger partial charge in [-0.1, -0.05) is 24.3 Å². The first-order valence-corrected chi connectivity index (χ1v) is 13.2. The fourth-order valence-electron chi connectivity index (χ4n) is 5.92. The van der Waals surface area contributed by atoms with Crippen LogP contribution in [0.3, 0.4) is 0 Å². The largest absolute Gasteiger partial charge is 0.479 e. The van der Waals surface area contributed by atoms with Gasteiger partial charge in [0.05, 0.1) is 31.8 Å². The maximum Gasteiger partial charge on any atom is 0.270 e. The highest BCUT2D eigenvalue weighted by molar-refractivity contribution is 5.61. The second-order valence-electron chi connectivity index (χ2n) is 10.8. The van der Waals surface area contributed by atoms with Crippen LogP contribution in [0.15, 0.2) is 54.4 Å². The van der Waals surface area contributed by atoms with Crippen molar-refractivity contribution >= 4 is 11.8 Å². The summed E-state index contributed by atoms with van der Waals surface area (Å²) in [5, 5.41) is 2.24. The van der Waals surface area contributed by atoms with Crippen LogP contribution in [-0.2, 0) is 5.92 Å². The van der Waals surface area contributed by atoms with Crippen LogP contribution < -0.4 is 15.1 Å². The van der Waals surface area contributed by atoms with Crippen molar-refractivity contribution in [2.75, 3.05) is 32.8 Å². The molecule has 204 valence electrons. The molecule has 2 saturated heterocycles. The van der Waals surface area contributed by atoms with E-state index < -0.39 is 5.92 Å². The van der Waals surface area contributed by atoms with Gasteiger partial charge in [-0.2, -0.15) is 0 Å². The van der Waals surface area contributed by atoms with Crippen LogP contribution >= 0.6 is 0 Å². The van der Waals surface area contributed by atoms with Crippen molar-refractivity contribution in [2.24, 2.45) is 0 Å². The van der Waals surface area contributed by atoms with Gasteiger partial charge < -0.3 is 14.5 Å². The van der Waals surface area contributed by atoms with Gasteiger partial charge in [0, 0.05) is 43.4 Å². The number of rotatable bonds is 6. The van der Waals surface area contributed by atoms with Crippen molar-refractivity contribution in [3.63, 3.8) is 0 Å². The lowest BCUT2D eigenvalue weighted by molar-refractivity contribution is 0.00788. The summed E-state index contributed by atoms with van der Waals surface area (Å²) in [6.07, 6.45) is 7.82. The number of aromatic nitrogens is 1. The monoisotopic (exact) mass is 524 g/mol. The number of anilines is 1. The predicted molar refractivity (Wildman–Crippen MR) is 146 cm³/mol. The smallest absolute Gasteiger partial charge is 0.270 e. The predicted octanol–water partition coefficient (Wildman–Crippen LogP) is 5.16. The third-order valence-corrected chi connectivity index (χ3v) is 8.11. The van der Waals surface area contributed by atoms with Crippen molar-refractivity contribution in [3.05, 3.63) is 71.2 Å². The summed E-state index contributed by atoms with van der Waals surface area (Å²) in [6, 6.07) is 11.3. The minimum Gasteiger partial charge on any atom is -0.479 e. The molecule has 1 aromatic carbocycles. The van der Waals surface area contributed by atoms with E-state index in [4.69, 9.17) is 9.72 Å². The van der Waals surface area contributed by atoms with E-state index in [2.05, 4.69) is 65.4 Å². The number of methoxy groups -OCH3 is 1. The lowest BCUT2D eigenvalue weighted by atomic mass is 9.82. The molecule has 3 unspecified atom stereocenters. The SMILES string of the molecule is COc1nc(/C=C/C2NN3C(C(c4ccccc4C(C)(F)F)CC[C@H]3C)N2C)ccc1N1C=C(C)N(C)C1. The lowest BCUT2D eigenvalue weighted by Gasteiger charge is -2.43. The Morgan fingerprint density at radius 3 is 2.58 bits per heavy atom. The molecule has 3 aliphatic rings. The van der Waals surface area contributed by atoms with Crippen LogP contribution in [0, 0.1) is 0 Å². The van der Waals surface area contributed by atoms with Gasteiger partial charge in [0.15, 0.2) is 0 Å². The van der Waals surface area contributed by atoms with E-state index in [9.17, 15) is 8.78 Å². The summed E-state index contributed by atoms with van der Waals surface area (Å²) in [5.41, 5.74) is 7.37. The van der Waals surface area contributed by atoms with E-state index in [0.717, 1.165) is 43.4 Å². The molecule has 38 heavy (non-hydrogen) atoms. The summed E-state index contributed by atoms with van der Waals surface area (Å²) in [5.74, 6) is -2.34. The molecule has 4 atom stereocenters. The van der Waals surface area contributed by atoms with E-state index in [1.807, 2.05) is 30.3 Å². The molecule has 1 aromatic heterocycles. The molecule has 0 bridgehead atoms. The fraction of sp³-hybridized carbons (Fsp3) is 0.483. The van der Waals surface area contributed by atoms with Gasteiger partial charge in [-0.15, -0.1) is 0 Å². The van der Waals surface area contributed by atoms with Crippen LogP contribution in [0.5, 0.6) is 5.88 Å². The highest BCUT2D eigenvalue weighted by atomic mass is 19.3. The van der Waals surface area contributed by atoms with Crippen molar-refractivity contribution < 1.29 is 13.5 Å². The first kappa shape index (κ1) is 26.6. The number of alkyl halides is 2. The quantitative estimate of drug-likeness (QED) is 0.561. The van der Waals surface area contributed by atoms with E-state index >= 15 is 0 Å². The minimum atomic E-state index is -2.88. The van der Waals surface area contributed by atoms with Crippen LogP contribution in [0.25, 0.3) is 6.08 Å². The molecular weight excluding hydrogens is 486 g/mol. The number of piperidine rings is 1. The number of allylic oxidation sites excluding steroid dienone is 1. The Balaban J connectivity index is 1.38. The number of hydrogen-bond acceptors (Lipinski definition) is 7. The molecule has 4 heterocycles. The normalized spacial score (nSPS) is 26.8. The van der Waals surface area contributed by atoms with Crippen molar-refractivity contribution in [1.29, 1.82) is 0 Å². The first-order chi connectivity index (χ1) is 18.1. The van der Waals surface area contributed by atoms with Crippen molar-refractivity contribution in [2.45, 2.75) is 63.8 Å².